The van der Waals surface area contributed by atoms with Crippen LogP contribution in [0.1, 0.15) is 40.2 Å². The smallest absolute Gasteiger partial charge is 0.415 e. The minimum atomic E-state index is -1.12. The van der Waals surface area contributed by atoms with Crippen molar-refractivity contribution < 1.29 is 34.1 Å². The predicted molar refractivity (Wildman–Crippen MR) is 130 cm³/mol. The lowest BCUT2D eigenvalue weighted by atomic mass is 9.96. The lowest BCUT2D eigenvalue weighted by Crippen LogP contribution is -2.71. The number of rotatable bonds is 7. The fourth-order valence-electron chi connectivity index (χ4n) is 4.06. The Morgan fingerprint density at radius 3 is 2.58 bits per heavy atom. The van der Waals surface area contributed by atoms with Gasteiger partial charge < -0.3 is 25.2 Å². The summed E-state index contributed by atoms with van der Waals surface area (Å²) in [5.41, 5.74) is 8.14. The van der Waals surface area contributed by atoms with Crippen LogP contribution in [0.25, 0.3) is 10.4 Å². The average Bonchev–Trinajstić information content (AvgIpc) is 3.02. The second-order valence-corrected chi connectivity index (χ2v) is 11.7. The fraction of sp³-hybridized carbons (Fsp3) is 0.545. The monoisotopic (exact) mass is 520 g/mol. The van der Waals surface area contributed by atoms with E-state index in [4.69, 9.17) is 10.3 Å². The van der Waals surface area contributed by atoms with Gasteiger partial charge in [-0.3, -0.25) is 14.5 Å². The van der Waals surface area contributed by atoms with Crippen LogP contribution in [0.15, 0.2) is 23.3 Å². The first-order valence-corrected chi connectivity index (χ1v) is 11.9. The number of thioether (sulfide) groups is 1. The number of ether oxygens (including phenoxy) is 1. The molecule has 2 fully saturated rings. The van der Waals surface area contributed by atoms with Crippen LogP contribution >= 0.6 is 11.8 Å². The van der Waals surface area contributed by atoms with Crippen LogP contribution < -0.4 is 10.2 Å². The quantitative estimate of drug-likeness (QED) is 0.212. The van der Waals surface area contributed by atoms with Gasteiger partial charge in [-0.2, -0.15) is 0 Å². The maximum absolute atomic E-state index is 13.0. The number of aromatic hydroxyl groups is 1. The first-order chi connectivity index (χ1) is 16.7. The molecule has 14 heteroatoms. The molecule has 0 bridgehead atoms. The lowest BCUT2D eigenvalue weighted by molar-refractivity contribution is -0.161. The number of azide groups is 1. The summed E-state index contributed by atoms with van der Waals surface area (Å²) in [5, 5.41) is 25.1. The van der Waals surface area contributed by atoms with E-state index in [1.165, 1.54) is 34.9 Å². The largest absolute Gasteiger partial charge is 0.508 e. The van der Waals surface area contributed by atoms with Crippen molar-refractivity contribution in [2.75, 3.05) is 11.4 Å². The number of carboxylic acid groups (broad SMARTS) is 1. The summed E-state index contributed by atoms with van der Waals surface area (Å²) in [6.45, 7) is 7.73. The van der Waals surface area contributed by atoms with Crippen LogP contribution in [0.2, 0.25) is 0 Å². The average molecular weight is 521 g/mol. The molecule has 2 heterocycles. The van der Waals surface area contributed by atoms with Gasteiger partial charge >= 0.3 is 12.1 Å². The molecule has 194 valence electrons. The third kappa shape index (κ3) is 5.44. The van der Waals surface area contributed by atoms with E-state index in [2.05, 4.69) is 15.3 Å². The minimum absolute atomic E-state index is 0.159. The van der Waals surface area contributed by atoms with E-state index in [1.54, 1.807) is 34.6 Å². The molecule has 3 unspecified atom stereocenters. The first-order valence-electron chi connectivity index (χ1n) is 11.0. The molecule has 0 aromatic heterocycles. The van der Waals surface area contributed by atoms with Crippen LogP contribution in [0.3, 0.4) is 0 Å². The van der Waals surface area contributed by atoms with E-state index >= 15 is 0 Å². The predicted octanol–water partition coefficient (Wildman–Crippen LogP) is 2.58. The number of amides is 3. The number of aliphatic carboxylic acids is 1. The highest BCUT2D eigenvalue weighted by Crippen LogP contribution is 2.50. The van der Waals surface area contributed by atoms with Gasteiger partial charge in [0.2, 0.25) is 11.8 Å². The van der Waals surface area contributed by atoms with Crippen molar-refractivity contribution in [1.29, 1.82) is 0 Å². The van der Waals surface area contributed by atoms with E-state index in [9.17, 15) is 29.4 Å². The molecule has 0 saturated carbocycles. The van der Waals surface area contributed by atoms with Crippen molar-refractivity contribution in [3.63, 3.8) is 0 Å². The maximum Gasteiger partial charge on any atom is 0.415 e. The van der Waals surface area contributed by atoms with Crippen LogP contribution in [-0.4, -0.2) is 73.3 Å². The van der Waals surface area contributed by atoms with Crippen molar-refractivity contribution in [3.8, 4) is 5.75 Å². The third-order valence-electron chi connectivity index (χ3n) is 5.59. The number of hydrogen-bond donors (Lipinski definition) is 3. The highest BCUT2D eigenvalue weighted by atomic mass is 32.2. The first kappa shape index (κ1) is 27.0. The standard InChI is InChI=1S/C22H28N6O7S/c1-21(2,3)35-20(34)27(12-6-7-13(29)11(8-12)9-24-26-23)10-14(30)25-15-17(31)28-16(19(32)33)22(4,5)36-18(15)28/h6-8,15-16,18,29H,9-10H2,1-5H3,(H,25,30)(H,32,33). The molecule has 3 rings (SSSR count). The Hall–Kier alpha value is -3.64. The maximum atomic E-state index is 13.0. The number of carbonyl (C=O) groups is 4. The van der Waals surface area contributed by atoms with E-state index < -0.39 is 58.2 Å². The minimum Gasteiger partial charge on any atom is -0.508 e. The van der Waals surface area contributed by atoms with Gasteiger partial charge in [-0.15, -0.1) is 11.8 Å². The highest BCUT2D eigenvalue weighted by molar-refractivity contribution is 8.01. The number of phenolic OH excluding ortho intramolecular Hbond substituents is 1. The summed E-state index contributed by atoms with van der Waals surface area (Å²) in [6, 6.07) is 2.13. The molecule has 0 aliphatic carbocycles. The third-order valence-corrected chi connectivity index (χ3v) is 7.16. The van der Waals surface area contributed by atoms with Crippen LogP contribution in [0.4, 0.5) is 10.5 Å². The van der Waals surface area contributed by atoms with Crippen molar-refractivity contribution in [3.05, 3.63) is 34.2 Å². The Morgan fingerprint density at radius 2 is 2.00 bits per heavy atom. The van der Waals surface area contributed by atoms with Gasteiger partial charge in [0.15, 0.2) is 0 Å². The summed E-state index contributed by atoms with van der Waals surface area (Å²) in [7, 11) is 0. The molecule has 1 aromatic carbocycles. The Balaban J connectivity index is 1.81. The molecule has 13 nitrogen and oxygen atoms in total. The number of carboxylic acids is 1. The van der Waals surface area contributed by atoms with Crippen molar-refractivity contribution in [2.24, 2.45) is 5.11 Å². The molecule has 2 saturated heterocycles. The summed E-state index contributed by atoms with van der Waals surface area (Å²) in [5.74, 6) is -2.45. The number of phenols is 1. The molecule has 3 amide bonds. The molecule has 36 heavy (non-hydrogen) atoms. The van der Waals surface area contributed by atoms with Crippen LogP contribution in [0, 0.1) is 0 Å². The van der Waals surface area contributed by atoms with Crippen molar-refractivity contribution in [2.45, 2.75) is 69.0 Å². The fourth-order valence-corrected chi connectivity index (χ4v) is 5.69. The van der Waals surface area contributed by atoms with Gasteiger partial charge in [0.25, 0.3) is 0 Å². The van der Waals surface area contributed by atoms with Gasteiger partial charge in [-0.1, -0.05) is 5.11 Å². The number of anilines is 1. The molecule has 2 aliphatic rings. The molecular formula is C22H28N6O7S. The number of fused-ring (bicyclic) bond motifs is 1. The number of hydrogen-bond acceptors (Lipinski definition) is 8. The Labute approximate surface area is 211 Å². The second kappa shape index (κ2) is 9.78. The Bertz CT molecular complexity index is 1140. The summed E-state index contributed by atoms with van der Waals surface area (Å²) in [6.07, 6.45) is -0.845. The van der Waals surface area contributed by atoms with E-state index in [0.29, 0.717) is 0 Å². The number of nitrogens with zero attached hydrogens (tertiary/aromatic N) is 5. The summed E-state index contributed by atoms with van der Waals surface area (Å²) in [4.78, 5) is 55.3. The summed E-state index contributed by atoms with van der Waals surface area (Å²) < 4.78 is 4.68. The molecule has 0 radical (unpaired) electrons. The van der Waals surface area contributed by atoms with Gasteiger partial charge in [-0.05, 0) is 58.3 Å². The zero-order valence-electron chi connectivity index (χ0n) is 20.5. The second-order valence-electron chi connectivity index (χ2n) is 9.91. The Morgan fingerprint density at radius 1 is 1.33 bits per heavy atom. The normalized spacial score (nSPS) is 22.1. The molecule has 2 aliphatic heterocycles. The number of carbonyl (C=O) groups excluding carboxylic acids is 3. The number of β-lactam (4-membered cyclic amide) rings is 1. The number of benzene rings is 1. The molecule has 1 aromatic rings. The van der Waals surface area contributed by atoms with Crippen molar-refractivity contribution in [1.82, 2.24) is 10.2 Å². The van der Waals surface area contributed by atoms with E-state index in [1.807, 2.05) is 0 Å². The summed E-state index contributed by atoms with van der Waals surface area (Å²) >= 11 is 1.29. The van der Waals surface area contributed by atoms with Gasteiger partial charge in [0.1, 0.15) is 35.4 Å². The molecule has 0 spiro atoms. The van der Waals surface area contributed by atoms with Gasteiger partial charge in [0.05, 0.1) is 6.54 Å². The van der Waals surface area contributed by atoms with E-state index in [-0.39, 0.29) is 23.5 Å². The van der Waals surface area contributed by atoms with E-state index in [0.717, 1.165) is 4.90 Å². The van der Waals surface area contributed by atoms with Gasteiger partial charge in [0, 0.05) is 20.9 Å². The zero-order valence-corrected chi connectivity index (χ0v) is 21.3. The zero-order chi connectivity index (χ0) is 27.0. The topological polar surface area (TPSA) is 185 Å². The molecule has 3 N–H and O–H groups in total. The lowest BCUT2D eigenvalue weighted by Gasteiger charge is -2.43. The Kier molecular flexibility index (Phi) is 7.32. The number of nitrogens with one attached hydrogen (secondary N) is 1. The molecular weight excluding hydrogens is 492 g/mol. The highest BCUT2D eigenvalue weighted by Gasteiger charge is 2.64. The van der Waals surface area contributed by atoms with Crippen LogP contribution in [0.5, 0.6) is 5.75 Å². The van der Waals surface area contributed by atoms with Crippen molar-refractivity contribution >= 4 is 41.3 Å². The molecule has 3 atom stereocenters. The SMILES string of the molecule is CC(C)(C)OC(=O)N(CC(=O)NC1C(=O)N2C1SC(C)(C)C2C(=O)O)c1ccc(O)c(CN=[N+]=[N-])c1. The van der Waals surface area contributed by atoms with Gasteiger partial charge in [-0.25, -0.2) is 9.59 Å². The van der Waals surface area contributed by atoms with Crippen LogP contribution in [-0.2, 0) is 25.7 Å².